The van der Waals surface area contributed by atoms with Crippen molar-refractivity contribution in [3.8, 4) is 0 Å². The van der Waals surface area contributed by atoms with Gasteiger partial charge in [-0.1, -0.05) is 6.42 Å². The van der Waals surface area contributed by atoms with Crippen molar-refractivity contribution in [3.63, 3.8) is 0 Å². The van der Waals surface area contributed by atoms with E-state index in [4.69, 9.17) is 5.11 Å². The first-order valence-corrected chi connectivity index (χ1v) is 8.51. The number of hydrogen-bond acceptors (Lipinski definition) is 4. The molecular formula is C12H25N3O3S. The lowest BCUT2D eigenvalue weighted by Crippen LogP contribution is -2.58. The van der Waals surface area contributed by atoms with Gasteiger partial charge >= 0.3 is 0 Å². The second-order valence-corrected chi connectivity index (χ2v) is 7.49. The summed E-state index contributed by atoms with van der Waals surface area (Å²) < 4.78 is 27.8. The average molecular weight is 291 g/mol. The summed E-state index contributed by atoms with van der Waals surface area (Å²) in [6, 6.07) is 0.392. The Bertz CT molecular complexity index is 388. The predicted octanol–water partition coefficient (Wildman–Crippen LogP) is -0.284. The summed E-state index contributed by atoms with van der Waals surface area (Å²) in [6.45, 7) is 3.56. The van der Waals surface area contributed by atoms with Crippen LogP contribution in [0, 0.1) is 0 Å². The lowest BCUT2D eigenvalue weighted by atomic mass is 10.0. The third-order valence-electron chi connectivity index (χ3n) is 4.15. The van der Waals surface area contributed by atoms with Crippen LogP contribution in [0.3, 0.4) is 0 Å². The van der Waals surface area contributed by atoms with Gasteiger partial charge in [0.1, 0.15) is 0 Å². The van der Waals surface area contributed by atoms with E-state index in [0.29, 0.717) is 32.1 Å². The summed E-state index contributed by atoms with van der Waals surface area (Å²) in [6.07, 6.45) is 4.03. The number of aliphatic hydroxyl groups is 1. The van der Waals surface area contributed by atoms with E-state index in [-0.39, 0.29) is 6.61 Å². The molecule has 112 valence electrons. The highest BCUT2D eigenvalue weighted by atomic mass is 32.2. The van der Waals surface area contributed by atoms with Gasteiger partial charge in [-0.05, 0) is 25.8 Å². The van der Waals surface area contributed by atoms with Gasteiger partial charge in [0.15, 0.2) is 0 Å². The Labute approximate surface area is 116 Å². The number of fused-ring (bicyclic) bond motifs is 1. The van der Waals surface area contributed by atoms with Crippen LogP contribution in [0.2, 0.25) is 0 Å². The molecule has 19 heavy (non-hydrogen) atoms. The van der Waals surface area contributed by atoms with E-state index in [1.165, 1.54) is 17.1 Å². The molecule has 0 aliphatic carbocycles. The number of rotatable bonds is 5. The van der Waals surface area contributed by atoms with E-state index in [1.807, 2.05) is 0 Å². The Morgan fingerprint density at radius 3 is 2.79 bits per heavy atom. The van der Waals surface area contributed by atoms with Crippen molar-refractivity contribution in [1.82, 2.24) is 13.5 Å². The standard InChI is InChI=1S/C12H25N3O3S/c1-13(6-4-10-16)19(17,18)15-9-8-14-7-3-2-5-12(14)11-15/h12,16H,2-11H2,1H3. The molecular weight excluding hydrogens is 266 g/mol. The molecule has 2 fully saturated rings. The van der Waals surface area contributed by atoms with Crippen molar-refractivity contribution < 1.29 is 13.5 Å². The lowest BCUT2D eigenvalue weighted by Gasteiger charge is -2.44. The number of hydrogen-bond donors (Lipinski definition) is 1. The van der Waals surface area contributed by atoms with Gasteiger partial charge in [0, 0.05) is 45.9 Å². The Balaban J connectivity index is 1.97. The first-order chi connectivity index (χ1) is 9.05. The summed E-state index contributed by atoms with van der Waals surface area (Å²) in [4.78, 5) is 2.42. The van der Waals surface area contributed by atoms with Gasteiger partial charge in [-0.15, -0.1) is 0 Å². The van der Waals surface area contributed by atoms with Crippen LogP contribution in [0.15, 0.2) is 0 Å². The molecule has 0 bridgehead atoms. The molecule has 1 N–H and O–H groups in total. The molecule has 1 atom stereocenters. The van der Waals surface area contributed by atoms with E-state index in [1.54, 1.807) is 11.4 Å². The van der Waals surface area contributed by atoms with Gasteiger partial charge in [-0.2, -0.15) is 17.0 Å². The topological polar surface area (TPSA) is 64.1 Å². The largest absolute Gasteiger partial charge is 0.396 e. The highest BCUT2D eigenvalue weighted by Gasteiger charge is 2.35. The monoisotopic (exact) mass is 291 g/mol. The van der Waals surface area contributed by atoms with Crippen molar-refractivity contribution in [2.24, 2.45) is 0 Å². The molecule has 0 aromatic heterocycles. The van der Waals surface area contributed by atoms with Crippen LogP contribution >= 0.6 is 0 Å². The Morgan fingerprint density at radius 1 is 1.26 bits per heavy atom. The van der Waals surface area contributed by atoms with Crippen LogP contribution in [0.4, 0.5) is 0 Å². The van der Waals surface area contributed by atoms with Crippen molar-refractivity contribution in [2.45, 2.75) is 31.7 Å². The zero-order valence-corrected chi connectivity index (χ0v) is 12.5. The zero-order chi connectivity index (χ0) is 13.9. The fourth-order valence-electron chi connectivity index (χ4n) is 2.94. The van der Waals surface area contributed by atoms with Crippen LogP contribution in [0.5, 0.6) is 0 Å². The van der Waals surface area contributed by atoms with Crippen LogP contribution < -0.4 is 0 Å². The normalized spacial score (nSPS) is 26.6. The molecule has 0 aromatic rings. The molecule has 2 saturated heterocycles. The van der Waals surface area contributed by atoms with Crippen molar-refractivity contribution in [1.29, 1.82) is 0 Å². The molecule has 0 aromatic carbocycles. The number of aliphatic hydroxyl groups excluding tert-OH is 1. The predicted molar refractivity (Wildman–Crippen MR) is 74.0 cm³/mol. The highest BCUT2D eigenvalue weighted by molar-refractivity contribution is 7.86. The molecule has 0 saturated carbocycles. The maximum Gasteiger partial charge on any atom is 0.281 e. The van der Waals surface area contributed by atoms with Gasteiger partial charge in [0.2, 0.25) is 0 Å². The summed E-state index contributed by atoms with van der Waals surface area (Å²) in [7, 11) is -1.76. The van der Waals surface area contributed by atoms with Gasteiger partial charge in [0.25, 0.3) is 10.2 Å². The second-order valence-electron chi connectivity index (χ2n) is 5.45. The van der Waals surface area contributed by atoms with Crippen LogP contribution in [0.25, 0.3) is 0 Å². The minimum atomic E-state index is -3.36. The Hall–Kier alpha value is -0.210. The summed E-state index contributed by atoms with van der Waals surface area (Å²) >= 11 is 0. The van der Waals surface area contributed by atoms with E-state index in [2.05, 4.69) is 4.90 Å². The summed E-state index contributed by atoms with van der Waals surface area (Å²) in [5.41, 5.74) is 0. The number of piperazine rings is 1. The van der Waals surface area contributed by atoms with Crippen LogP contribution in [-0.4, -0.2) is 79.5 Å². The molecule has 2 aliphatic heterocycles. The first kappa shape index (κ1) is 15.2. The Morgan fingerprint density at radius 2 is 2.05 bits per heavy atom. The minimum Gasteiger partial charge on any atom is -0.396 e. The van der Waals surface area contributed by atoms with E-state index < -0.39 is 10.2 Å². The van der Waals surface area contributed by atoms with Crippen LogP contribution in [-0.2, 0) is 10.2 Å². The fraction of sp³-hybridized carbons (Fsp3) is 1.00. The molecule has 0 radical (unpaired) electrons. The van der Waals surface area contributed by atoms with E-state index >= 15 is 0 Å². The Kier molecular flexibility index (Phi) is 5.19. The maximum atomic E-state index is 12.4. The van der Waals surface area contributed by atoms with E-state index in [0.717, 1.165) is 19.5 Å². The van der Waals surface area contributed by atoms with Crippen molar-refractivity contribution in [2.75, 3.05) is 46.4 Å². The van der Waals surface area contributed by atoms with Gasteiger partial charge in [0.05, 0.1) is 0 Å². The molecule has 1 unspecified atom stereocenters. The molecule has 2 rings (SSSR count). The van der Waals surface area contributed by atoms with Crippen molar-refractivity contribution in [3.05, 3.63) is 0 Å². The minimum absolute atomic E-state index is 0.0241. The molecule has 6 nitrogen and oxygen atoms in total. The van der Waals surface area contributed by atoms with Crippen molar-refractivity contribution >= 4 is 10.2 Å². The number of piperidine rings is 1. The third kappa shape index (κ3) is 3.46. The quantitative estimate of drug-likeness (QED) is 0.756. The summed E-state index contributed by atoms with van der Waals surface area (Å²) in [5, 5.41) is 8.80. The van der Waals surface area contributed by atoms with Gasteiger partial charge in [-0.3, -0.25) is 4.90 Å². The fourth-order valence-corrected chi connectivity index (χ4v) is 4.37. The highest BCUT2D eigenvalue weighted by Crippen LogP contribution is 2.23. The second kappa shape index (κ2) is 6.49. The maximum absolute atomic E-state index is 12.4. The van der Waals surface area contributed by atoms with Crippen LogP contribution in [0.1, 0.15) is 25.7 Å². The summed E-state index contributed by atoms with van der Waals surface area (Å²) in [5.74, 6) is 0. The number of nitrogens with zero attached hydrogens (tertiary/aromatic N) is 3. The zero-order valence-electron chi connectivity index (χ0n) is 11.7. The van der Waals surface area contributed by atoms with E-state index in [9.17, 15) is 8.42 Å². The first-order valence-electron chi connectivity index (χ1n) is 7.12. The lowest BCUT2D eigenvalue weighted by molar-refractivity contribution is 0.0825. The SMILES string of the molecule is CN(CCCO)S(=O)(=O)N1CCN2CCCCC2C1. The molecule has 7 heteroatoms. The molecule has 2 heterocycles. The van der Waals surface area contributed by atoms with Gasteiger partial charge < -0.3 is 5.11 Å². The smallest absolute Gasteiger partial charge is 0.281 e. The van der Waals surface area contributed by atoms with Gasteiger partial charge in [-0.25, -0.2) is 0 Å². The molecule has 2 aliphatic rings. The molecule has 0 spiro atoms. The molecule has 0 amide bonds. The average Bonchev–Trinajstić information content (AvgIpc) is 2.44. The third-order valence-corrected chi connectivity index (χ3v) is 6.11.